The molecule has 1 fully saturated rings. The Hall–Kier alpha value is -2.50. The lowest BCUT2D eigenvalue weighted by molar-refractivity contribution is -0.138. The highest BCUT2D eigenvalue weighted by molar-refractivity contribution is 7.89. The van der Waals surface area contributed by atoms with Gasteiger partial charge in [-0.2, -0.15) is 17.5 Å². The quantitative estimate of drug-likeness (QED) is 0.717. The fourth-order valence-electron chi connectivity index (χ4n) is 2.98. The summed E-state index contributed by atoms with van der Waals surface area (Å²) in [4.78, 5) is 12.3. The van der Waals surface area contributed by atoms with E-state index in [1.807, 2.05) is 0 Å². The molecule has 162 valence electrons. The fourth-order valence-corrected chi connectivity index (χ4v) is 4.43. The maximum absolute atomic E-state index is 13.2. The summed E-state index contributed by atoms with van der Waals surface area (Å²) in [6.45, 7) is 0.388. The van der Waals surface area contributed by atoms with Gasteiger partial charge in [0.15, 0.2) is 0 Å². The molecule has 0 bridgehead atoms. The van der Waals surface area contributed by atoms with Gasteiger partial charge in [0, 0.05) is 25.2 Å². The molecule has 1 N–H and O–H groups in total. The van der Waals surface area contributed by atoms with E-state index in [2.05, 4.69) is 5.32 Å². The summed E-state index contributed by atoms with van der Waals surface area (Å²) < 4.78 is 84.2. The van der Waals surface area contributed by atoms with Crippen molar-refractivity contribution in [1.82, 2.24) is 9.62 Å². The zero-order chi connectivity index (χ0) is 21.9. The van der Waals surface area contributed by atoms with Crippen molar-refractivity contribution in [2.24, 2.45) is 0 Å². The van der Waals surface area contributed by atoms with Gasteiger partial charge in [-0.05, 0) is 35.9 Å². The second-order valence-corrected chi connectivity index (χ2v) is 8.46. The normalized spacial score (nSPS) is 15.7. The molecule has 0 spiro atoms. The molecule has 0 aromatic heterocycles. The van der Waals surface area contributed by atoms with Crippen LogP contribution >= 0.6 is 0 Å². The van der Waals surface area contributed by atoms with Gasteiger partial charge in [0.25, 0.3) is 5.91 Å². The van der Waals surface area contributed by atoms with Crippen LogP contribution in [0, 0.1) is 5.82 Å². The number of ether oxygens (including phenoxy) is 1. The predicted octanol–water partition coefficient (Wildman–Crippen LogP) is 2.80. The Bertz CT molecular complexity index is 1040. The molecule has 0 radical (unpaired) electrons. The van der Waals surface area contributed by atoms with Crippen molar-refractivity contribution < 1.29 is 35.5 Å². The lowest BCUT2D eigenvalue weighted by Crippen LogP contribution is -2.40. The molecule has 0 saturated carbocycles. The van der Waals surface area contributed by atoms with Crippen LogP contribution < -0.4 is 5.32 Å². The lowest BCUT2D eigenvalue weighted by atomic mass is 10.1. The third kappa shape index (κ3) is 4.97. The van der Waals surface area contributed by atoms with E-state index in [-0.39, 0.29) is 42.3 Å². The summed E-state index contributed by atoms with van der Waals surface area (Å²) in [5.74, 6) is -1.80. The summed E-state index contributed by atoms with van der Waals surface area (Å²) in [5, 5.41) is 2.32. The molecule has 1 amide bonds. The molecule has 30 heavy (non-hydrogen) atoms. The van der Waals surface area contributed by atoms with Crippen LogP contribution in [0.3, 0.4) is 0 Å². The van der Waals surface area contributed by atoms with Gasteiger partial charge < -0.3 is 10.1 Å². The molecular weight excluding hydrogens is 428 g/mol. The number of carbonyl (C=O) groups excluding carboxylic acids is 1. The largest absolute Gasteiger partial charge is 0.416 e. The number of amides is 1. The van der Waals surface area contributed by atoms with Gasteiger partial charge in [-0.1, -0.05) is 12.1 Å². The molecule has 0 aliphatic carbocycles. The van der Waals surface area contributed by atoms with Crippen molar-refractivity contribution in [1.29, 1.82) is 0 Å². The van der Waals surface area contributed by atoms with Crippen LogP contribution in [0.4, 0.5) is 17.6 Å². The van der Waals surface area contributed by atoms with Crippen LogP contribution in [0.15, 0.2) is 47.4 Å². The van der Waals surface area contributed by atoms with E-state index in [9.17, 15) is 30.8 Å². The van der Waals surface area contributed by atoms with Crippen molar-refractivity contribution in [3.8, 4) is 0 Å². The minimum Gasteiger partial charge on any atom is -0.379 e. The number of halogens is 4. The zero-order valence-electron chi connectivity index (χ0n) is 15.6. The number of nitrogens with one attached hydrogen (secondary N) is 1. The first kappa shape index (κ1) is 22.2. The molecule has 3 rings (SSSR count). The first-order valence-electron chi connectivity index (χ1n) is 8.91. The van der Waals surface area contributed by atoms with E-state index >= 15 is 0 Å². The minimum absolute atomic E-state index is 0.0278. The molecule has 1 heterocycles. The van der Waals surface area contributed by atoms with Gasteiger partial charge >= 0.3 is 6.18 Å². The number of carbonyl (C=O) groups is 1. The molecule has 0 unspecified atom stereocenters. The second-order valence-electron chi connectivity index (χ2n) is 6.53. The lowest BCUT2D eigenvalue weighted by Gasteiger charge is -2.26. The molecule has 2 aromatic rings. The molecule has 1 saturated heterocycles. The van der Waals surface area contributed by atoms with Gasteiger partial charge in [-0.15, -0.1) is 0 Å². The Morgan fingerprint density at radius 3 is 2.47 bits per heavy atom. The third-order valence-corrected chi connectivity index (χ3v) is 6.42. The van der Waals surface area contributed by atoms with Gasteiger partial charge in [0.05, 0.1) is 23.7 Å². The van der Waals surface area contributed by atoms with Crippen LogP contribution in [0.2, 0.25) is 0 Å². The van der Waals surface area contributed by atoms with Crippen molar-refractivity contribution >= 4 is 15.9 Å². The maximum atomic E-state index is 13.2. The van der Waals surface area contributed by atoms with Gasteiger partial charge in [0.1, 0.15) is 5.82 Å². The smallest absolute Gasteiger partial charge is 0.379 e. The van der Waals surface area contributed by atoms with Crippen LogP contribution in [-0.4, -0.2) is 44.9 Å². The van der Waals surface area contributed by atoms with Gasteiger partial charge in [-0.25, -0.2) is 12.8 Å². The van der Waals surface area contributed by atoms with E-state index in [0.29, 0.717) is 6.07 Å². The van der Waals surface area contributed by atoms with Crippen LogP contribution in [0.5, 0.6) is 0 Å². The van der Waals surface area contributed by atoms with Gasteiger partial charge in [0.2, 0.25) is 10.0 Å². The number of morpholine rings is 1. The van der Waals surface area contributed by atoms with Crippen molar-refractivity contribution in [2.75, 3.05) is 26.3 Å². The Balaban J connectivity index is 1.77. The number of alkyl halides is 3. The standard InChI is InChI=1S/C19H18F4N2O4S/c20-15-5-4-14(17(11-15)19(21,22)23)12-24-18(26)13-2-1-3-16(10-13)30(27,28)25-6-8-29-9-7-25/h1-5,10-11H,6-9,12H2,(H,24,26). The molecule has 11 heteroatoms. The number of hydrogen-bond acceptors (Lipinski definition) is 4. The van der Waals surface area contributed by atoms with E-state index in [1.165, 1.54) is 22.5 Å². The highest BCUT2D eigenvalue weighted by Crippen LogP contribution is 2.32. The monoisotopic (exact) mass is 446 g/mol. The Morgan fingerprint density at radius 2 is 1.80 bits per heavy atom. The highest BCUT2D eigenvalue weighted by Gasteiger charge is 2.34. The molecule has 2 aromatic carbocycles. The van der Waals surface area contributed by atoms with E-state index < -0.39 is 40.0 Å². The summed E-state index contributed by atoms with van der Waals surface area (Å²) in [6, 6.07) is 7.39. The number of sulfonamides is 1. The SMILES string of the molecule is O=C(NCc1ccc(F)cc1C(F)(F)F)c1cccc(S(=O)(=O)N2CCOCC2)c1. The zero-order valence-corrected chi connectivity index (χ0v) is 16.4. The van der Waals surface area contributed by atoms with Crippen LogP contribution in [-0.2, 0) is 27.5 Å². The number of rotatable bonds is 5. The molecule has 6 nitrogen and oxygen atoms in total. The third-order valence-electron chi connectivity index (χ3n) is 4.52. The Morgan fingerprint density at radius 1 is 1.10 bits per heavy atom. The summed E-state index contributed by atoms with van der Waals surface area (Å²) in [5.41, 5.74) is -1.53. The Labute approximate surface area is 170 Å². The second kappa shape index (κ2) is 8.70. The number of hydrogen-bond donors (Lipinski definition) is 1. The maximum Gasteiger partial charge on any atom is 0.416 e. The first-order chi connectivity index (χ1) is 14.1. The average Bonchev–Trinajstić information content (AvgIpc) is 2.72. The summed E-state index contributed by atoms with van der Waals surface area (Å²) in [6.07, 6.45) is -4.78. The Kier molecular flexibility index (Phi) is 6.44. The van der Waals surface area contributed by atoms with E-state index in [0.717, 1.165) is 18.2 Å². The van der Waals surface area contributed by atoms with Crippen molar-refractivity contribution in [2.45, 2.75) is 17.6 Å². The molecule has 0 atom stereocenters. The topological polar surface area (TPSA) is 75.7 Å². The number of nitrogens with zero attached hydrogens (tertiary/aromatic N) is 1. The average molecular weight is 446 g/mol. The molecule has 1 aliphatic heterocycles. The van der Waals surface area contributed by atoms with Crippen LogP contribution in [0.25, 0.3) is 0 Å². The van der Waals surface area contributed by atoms with E-state index in [1.54, 1.807) is 0 Å². The molecular formula is C19H18F4N2O4S. The molecule has 1 aliphatic rings. The summed E-state index contributed by atoms with van der Waals surface area (Å²) >= 11 is 0. The first-order valence-corrected chi connectivity index (χ1v) is 10.3. The minimum atomic E-state index is -4.78. The fraction of sp³-hybridized carbons (Fsp3) is 0.316. The predicted molar refractivity (Wildman–Crippen MR) is 98.6 cm³/mol. The van der Waals surface area contributed by atoms with Crippen LogP contribution in [0.1, 0.15) is 21.5 Å². The van der Waals surface area contributed by atoms with Crippen molar-refractivity contribution in [3.05, 3.63) is 65.0 Å². The highest BCUT2D eigenvalue weighted by atomic mass is 32.2. The number of benzene rings is 2. The van der Waals surface area contributed by atoms with Crippen molar-refractivity contribution in [3.63, 3.8) is 0 Å². The summed E-state index contributed by atoms with van der Waals surface area (Å²) in [7, 11) is -3.83. The van der Waals surface area contributed by atoms with E-state index in [4.69, 9.17) is 4.74 Å². The van der Waals surface area contributed by atoms with Gasteiger partial charge in [-0.3, -0.25) is 4.79 Å².